The van der Waals surface area contributed by atoms with Gasteiger partial charge in [0.2, 0.25) is 0 Å². The Bertz CT molecular complexity index is 914. The molecule has 0 nitrogen and oxygen atoms in total. The molecule has 0 unspecified atom stereocenters. The molecule has 0 heterocycles. The van der Waals surface area contributed by atoms with Gasteiger partial charge in [0.1, 0.15) is 0 Å². The van der Waals surface area contributed by atoms with Crippen LogP contribution in [0.3, 0.4) is 0 Å². The van der Waals surface area contributed by atoms with Gasteiger partial charge in [-0.3, -0.25) is 0 Å². The Labute approximate surface area is 184 Å². The van der Waals surface area contributed by atoms with Gasteiger partial charge in [0.25, 0.3) is 0 Å². The van der Waals surface area contributed by atoms with Crippen molar-refractivity contribution >= 4 is 8.84 Å². The van der Waals surface area contributed by atoms with Crippen LogP contribution in [-0.4, -0.2) is 0 Å². The van der Waals surface area contributed by atoms with Crippen molar-refractivity contribution in [1.29, 1.82) is 0 Å². The second-order valence-corrected chi connectivity index (χ2v) is 9.34. The van der Waals surface area contributed by atoms with Gasteiger partial charge in [-0.2, -0.15) is 0 Å². The zero-order chi connectivity index (χ0) is 17.1. The first kappa shape index (κ1) is 21.7. The van der Waals surface area contributed by atoms with Gasteiger partial charge < -0.3 is 24.8 Å². The Morgan fingerprint density at radius 1 is 0.846 bits per heavy atom. The Morgan fingerprint density at radius 3 is 2.15 bits per heavy atom. The van der Waals surface area contributed by atoms with Gasteiger partial charge in [-0.25, -0.2) is 0 Å². The molecule has 0 saturated heterocycles. The molecule has 0 saturated carbocycles. The van der Waals surface area contributed by atoms with Gasteiger partial charge in [0.05, 0.1) is 0 Å². The molecule has 2 aliphatic rings. The van der Waals surface area contributed by atoms with Crippen LogP contribution in [0.5, 0.6) is 0 Å². The first-order valence-corrected chi connectivity index (χ1v) is 9.96. The second-order valence-electron chi connectivity index (χ2n) is 8.11. The molecule has 0 fully saturated rings. The third kappa shape index (κ3) is 3.56. The van der Waals surface area contributed by atoms with Crippen LogP contribution in [0.15, 0.2) is 53.6 Å². The Hall–Kier alpha value is -0.617. The topological polar surface area (TPSA) is 0 Å². The zero-order valence-corrected chi connectivity index (χ0v) is 19.7. The summed E-state index contributed by atoms with van der Waals surface area (Å²) in [6, 6.07) is 13.6. The normalized spacial score (nSPS) is 15.1. The Balaban J connectivity index is 0.00000121. The third-order valence-electron chi connectivity index (χ3n) is 5.51. The summed E-state index contributed by atoms with van der Waals surface area (Å²) >= 11 is 1.53. The maximum Gasteiger partial charge on any atom is -1.00 e. The van der Waals surface area contributed by atoms with Crippen molar-refractivity contribution in [2.45, 2.75) is 40.5 Å². The summed E-state index contributed by atoms with van der Waals surface area (Å²) in [7, 11) is 0. The number of hydrogen-bond donors (Lipinski definition) is 0. The summed E-state index contributed by atoms with van der Waals surface area (Å²) in [5.41, 5.74) is 12.3. The van der Waals surface area contributed by atoms with E-state index in [1.807, 2.05) is 0 Å². The fourth-order valence-corrected chi connectivity index (χ4v) is 5.11. The predicted octanol–water partition coefficient (Wildman–Crippen LogP) is -0.412. The Morgan fingerprint density at radius 2 is 1.50 bits per heavy atom. The summed E-state index contributed by atoms with van der Waals surface area (Å²) in [6.45, 7) is 9.26. The van der Waals surface area contributed by atoms with Crippen molar-refractivity contribution in [1.82, 2.24) is 0 Å². The third-order valence-corrected chi connectivity index (χ3v) is 6.91. The van der Waals surface area contributed by atoms with E-state index in [9.17, 15) is 0 Å². The first-order chi connectivity index (χ1) is 11.4. The largest absolute Gasteiger partial charge is 1.00 e. The van der Waals surface area contributed by atoms with E-state index in [1.54, 1.807) is 20.0 Å². The van der Waals surface area contributed by atoms with Gasteiger partial charge in [-0.15, -0.1) is 0 Å². The van der Waals surface area contributed by atoms with Crippen LogP contribution in [0.1, 0.15) is 50.8 Å². The maximum atomic E-state index is 2.42. The number of rotatable bonds is 1. The molecule has 0 atom stereocenters. The van der Waals surface area contributed by atoms with E-state index < -0.39 is 0 Å². The quantitative estimate of drug-likeness (QED) is 0.462. The van der Waals surface area contributed by atoms with Gasteiger partial charge in [-0.1, -0.05) is 0 Å². The van der Waals surface area contributed by atoms with Gasteiger partial charge in [-0.05, 0) is 0 Å². The maximum absolute atomic E-state index is 2.42. The number of allylic oxidation sites excluding steroid dienone is 4. The smallest absolute Gasteiger partial charge is 1.00 e. The number of fused-ring (bicyclic) bond motifs is 3. The summed E-state index contributed by atoms with van der Waals surface area (Å²) in [5.74, 6) is 0. The number of benzene rings is 2. The van der Waals surface area contributed by atoms with E-state index in [4.69, 9.17) is 0 Å². The van der Waals surface area contributed by atoms with Gasteiger partial charge >= 0.3 is 161 Å². The summed E-state index contributed by atoms with van der Waals surface area (Å²) in [5, 5.41) is 0. The molecule has 0 N–H and O–H groups in total. The molecule has 0 amide bonds. The number of hydrogen-bond acceptors (Lipinski definition) is 0. The van der Waals surface area contributed by atoms with E-state index in [0.29, 0.717) is 0 Å². The van der Waals surface area contributed by atoms with Crippen LogP contribution in [0.2, 0.25) is 0 Å². The minimum atomic E-state index is 0. The molecule has 0 aromatic heterocycles. The first-order valence-electron chi connectivity index (χ1n) is 8.73. The molecule has 2 aromatic rings. The molecule has 0 aliphatic heterocycles. The van der Waals surface area contributed by atoms with Crippen LogP contribution in [0, 0.1) is 5.41 Å². The average Bonchev–Trinajstić information content (AvgIpc) is 3.09. The van der Waals surface area contributed by atoms with E-state index >= 15 is 0 Å². The molecule has 0 bridgehead atoms. The number of halogens is 2. The molecule has 0 spiro atoms. The molecular formula is C23H23Cl2Zr. The molecule has 0 radical (unpaired) electrons. The molecule has 4 rings (SSSR count). The minimum absolute atomic E-state index is 0. The zero-order valence-electron chi connectivity index (χ0n) is 15.7. The predicted molar refractivity (Wildman–Crippen MR) is 99.1 cm³/mol. The molecular weight excluding hydrogens is 438 g/mol. The second kappa shape index (κ2) is 7.78. The van der Waals surface area contributed by atoms with Crippen molar-refractivity contribution in [3.63, 3.8) is 0 Å². The van der Waals surface area contributed by atoms with Crippen molar-refractivity contribution in [2.24, 2.45) is 5.41 Å². The van der Waals surface area contributed by atoms with E-state index in [2.05, 4.69) is 70.2 Å². The molecule has 2 aromatic carbocycles. The molecule has 3 heteroatoms. The van der Waals surface area contributed by atoms with E-state index in [-0.39, 0.29) is 30.2 Å². The SMILES string of the molecule is CC1=C(c2ccc3c([c]2[Zr+2])Cc2ccccc2-3)CC(C(C)(C)C)=C1.[Cl-].[Cl-]. The minimum Gasteiger partial charge on any atom is -1.00 e. The summed E-state index contributed by atoms with van der Waals surface area (Å²) in [6.07, 6.45) is 4.64. The molecule has 2 aliphatic carbocycles. The Kier molecular flexibility index (Phi) is 6.49. The standard InChI is InChI=1S/C23H23.2ClH.Zr/c1-15-11-19(23(2,3)4)14-22(15)17-9-10-21-18(13-17)12-16-7-5-6-8-20(16)21;;;/h5-11H,12,14H2,1-4H3;2*1H;/q;;;+2/p-2. The van der Waals surface area contributed by atoms with Crippen molar-refractivity contribution < 1.29 is 49.5 Å². The molecule has 133 valence electrons. The van der Waals surface area contributed by atoms with Crippen LogP contribution in [0.4, 0.5) is 0 Å². The van der Waals surface area contributed by atoms with Crippen molar-refractivity contribution in [3.8, 4) is 11.1 Å². The van der Waals surface area contributed by atoms with Crippen LogP contribution >= 0.6 is 0 Å². The van der Waals surface area contributed by atoms with Crippen molar-refractivity contribution in [2.75, 3.05) is 0 Å². The summed E-state index contributed by atoms with van der Waals surface area (Å²) < 4.78 is 1.56. The van der Waals surface area contributed by atoms with Crippen LogP contribution in [-0.2, 0) is 31.1 Å². The fourth-order valence-electron chi connectivity index (χ4n) is 3.98. The van der Waals surface area contributed by atoms with Gasteiger partial charge in [0.15, 0.2) is 0 Å². The molecule has 26 heavy (non-hydrogen) atoms. The van der Waals surface area contributed by atoms with E-state index in [0.717, 1.165) is 12.8 Å². The van der Waals surface area contributed by atoms with Crippen molar-refractivity contribution in [3.05, 3.63) is 70.3 Å². The van der Waals surface area contributed by atoms with Crippen LogP contribution in [0.25, 0.3) is 16.7 Å². The van der Waals surface area contributed by atoms with Gasteiger partial charge in [0, 0.05) is 0 Å². The van der Waals surface area contributed by atoms with E-state index in [1.165, 1.54) is 52.5 Å². The fraction of sp³-hybridized carbons (Fsp3) is 0.304. The monoisotopic (exact) mass is 459 g/mol. The van der Waals surface area contributed by atoms with Crippen LogP contribution < -0.4 is 28.1 Å². The summed E-state index contributed by atoms with van der Waals surface area (Å²) in [4.78, 5) is 0. The average molecular weight is 462 g/mol.